The third-order valence-corrected chi connectivity index (χ3v) is 1.59. The van der Waals surface area contributed by atoms with Crippen molar-refractivity contribution in [2.75, 3.05) is 0 Å². The van der Waals surface area contributed by atoms with Crippen LogP contribution < -0.4 is 0 Å². The lowest BCUT2D eigenvalue weighted by Gasteiger charge is -1.89. The summed E-state index contributed by atoms with van der Waals surface area (Å²) in [5, 5.41) is 0. The zero-order valence-corrected chi connectivity index (χ0v) is 9.12. The fourth-order valence-corrected chi connectivity index (χ4v) is 0.497. The Labute approximate surface area is 73.2 Å². The molecule has 0 saturated carbocycles. The van der Waals surface area contributed by atoms with Crippen LogP contribution in [0.15, 0.2) is 22.2 Å². The van der Waals surface area contributed by atoms with Crippen molar-refractivity contribution in [3.8, 4) is 0 Å². The van der Waals surface area contributed by atoms with Crippen LogP contribution >= 0.6 is 15.9 Å². The van der Waals surface area contributed by atoms with Crippen LogP contribution in [0, 0.1) is 0 Å². The summed E-state index contributed by atoms with van der Waals surface area (Å²) >= 11 is 3.37. The highest BCUT2D eigenvalue weighted by Crippen LogP contribution is 2.10. The van der Waals surface area contributed by atoms with Gasteiger partial charge in [-0.25, -0.2) is 0 Å². The summed E-state index contributed by atoms with van der Waals surface area (Å²) in [4.78, 5) is 0. The molecule has 60 valence electrons. The Balaban J connectivity index is 0. The average molecular weight is 205 g/mol. The molecule has 0 amide bonds. The zero-order valence-electron chi connectivity index (χ0n) is 7.53. The van der Waals surface area contributed by atoms with Crippen molar-refractivity contribution in [3.63, 3.8) is 0 Å². The van der Waals surface area contributed by atoms with Crippen LogP contribution in [-0.2, 0) is 0 Å². The van der Waals surface area contributed by atoms with E-state index in [4.69, 9.17) is 0 Å². The molecular formula is C9H17Br. The molecule has 0 nitrogen and oxygen atoms in total. The van der Waals surface area contributed by atoms with Crippen molar-refractivity contribution in [1.29, 1.82) is 0 Å². The summed E-state index contributed by atoms with van der Waals surface area (Å²) in [5.41, 5.74) is 1.28. The number of rotatable bonds is 1. The van der Waals surface area contributed by atoms with Crippen molar-refractivity contribution < 1.29 is 0 Å². The number of hydrogen-bond acceptors (Lipinski definition) is 0. The third kappa shape index (κ3) is 7.96. The largest absolute Gasteiger partial charge is 0.0874 e. The zero-order chi connectivity index (χ0) is 8.57. The molecule has 0 aliphatic carbocycles. The van der Waals surface area contributed by atoms with Crippen LogP contribution in [0.2, 0.25) is 0 Å². The van der Waals surface area contributed by atoms with Gasteiger partial charge >= 0.3 is 0 Å². The maximum Gasteiger partial charge on any atom is -0.00513 e. The second-order valence-corrected chi connectivity index (χ2v) is 2.91. The van der Waals surface area contributed by atoms with Gasteiger partial charge in [0.1, 0.15) is 0 Å². The van der Waals surface area contributed by atoms with E-state index in [2.05, 4.69) is 28.9 Å². The van der Waals surface area contributed by atoms with Gasteiger partial charge in [0.25, 0.3) is 0 Å². The summed E-state index contributed by atoms with van der Waals surface area (Å²) in [6.07, 6.45) is 4.10. The highest BCUT2D eigenvalue weighted by Gasteiger charge is 1.82. The molecule has 10 heavy (non-hydrogen) atoms. The Kier molecular flexibility index (Phi) is 11.3. The summed E-state index contributed by atoms with van der Waals surface area (Å²) in [7, 11) is 0. The van der Waals surface area contributed by atoms with E-state index in [1.165, 1.54) is 10.1 Å². The van der Waals surface area contributed by atoms with Crippen LogP contribution in [0.25, 0.3) is 0 Å². The molecule has 0 bridgehead atoms. The van der Waals surface area contributed by atoms with Gasteiger partial charge in [-0.15, -0.1) is 0 Å². The minimum Gasteiger partial charge on any atom is -0.0874 e. The van der Waals surface area contributed by atoms with E-state index in [0.717, 1.165) is 0 Å². The van der Waals surface area contributed by atoms with E-state index >= 15 is 0 Å². The lowest BCUT2D eigenvalue weighted by atomic mass is 10.3. The van der Waals surface area contributed by atoms with Gasteiger partial charge in [-0.05, 0) is 30.8 Å². The highest BCUT2D eigenvalue weighted by atomic mass is 79.9. The van der Waals surface area contributed by atoms with Crippen LogP contribution in [0.5, 0.6) is 0 Å². The van der Waals surface area contributed by atoms with Crippen LogP contribution in [0.4, 0.5) is 0 Å². The molecule has 0 aliphatic rings. The molecular weight excluding hydrogens is 188 g/mol. The SMILES string of the molecule is C/C=C\C(C)=C(/C)Br.CC. The highest BCUT2D eigenvalue weighted by molar-refractivity contribution is 9.11. The lowest BCUT2D eigenvalue weighted by molar-refractivity contribution is 1.45. The molecule has 0 aromatic rings. The molecule has 0 rings (SSSR count). The number of allylic oxidation sites excluding steroid dienone is 4. The molecule has 0 aromatic carbocycles. The van der Waals surface area contributed by atoms with Crippen molar-refractivity contribution >= 4 is 15.9 Å². The monoisotopic (exact) mass is 204 g/mol. The minimum absolute atomic E-state index is 1.20. The Morgan fingerprint density at radius 2 is 1.60 bits per heavy atom. The third-order valence-electron chi connectivity index (χ3n) is 0.960. The molecule has 0 heterocycles. The molecule has 0 radical (unpaired) electrons. The van der Waals surface area contributed by atoms with E-state index < -0.39 is 0 Å². The molecule has 0 aliphatic heterocycles. The summed E-state index contributed by atoms with van der Waals surface area (Å²) in [5.74, 6) is 0. The van der Waals surface area contributed by atoms with Gasteiger partial charge in [-0.2, -0.15) is 0 Å². The van der Waals surface area contributed by atoms with Crippen LogP contribution in [-0.4, -0.2) is 0 Å². The molecule has 0 N–H and O–H groups in total. The van der Waals surface area contributed by atoms with Gasteiger partial charge in [0.15, 0.2) is 0 Å². The Hall–Kier alpha value is -0.0400. The maximum atomic E-state index is 3.37. The van der Waals surface area contributed by atoms with E-state index in [0.29, 0.717) is 0 Å². The Morgan fingerprint density at radius 1 is 1.20 bits per heavy atom. The van der Waals surface area contributed by atoms with Gasteiger partial charge in [0.2, 0.25) is 0 Å². The molecule has 0 aromatic heterocycles. The first kappa shape index (κ1) is 12.6. The van der Waals surface area contributed by atoms with E-state index in [-0.39, 0.29) is 0 Å². The number of halogens is 1. The van der Waals surface area contributed by atoms with Crippen molar-refractivity contribution in [1.82, 2.24) is 0 Å². The summed E-state index contributed by atoms with van der Waals surface area (Å²) in [6, 6.07) is 0. The number of hydrogen-bond donors (Lipinski definition) is 0. The predicted octanol–water partition coefficient (Wildman–Crippen LogP) is 4.28. The topological polar surface area (TPSA) is 0 Å². The average Bonchev–Trinajstić information content (AvgIpc) is 1.93. The fourth-order valence-electron chi connectivity index (χ4n) is 0.365. The van der Waals surface area contributed by atoms with Crippen molar-refractivity contribution in [2.24, 2.45) is 0 Å². The van der Waals surface area contributed by atoms with Gasteiger partial charge in [0.05, 0.1) is 0 Å². The van der Waals surface area contributed by atoms with Crippen LogP contribution in [0.1, 0.15) is 34.6 Å². The van der Waals surface area contributed by atoms with E-state index in [1.807, 2.05) is 33.8 Å². The maximum absolute atomic E-state index is 3.37. The van der Waals surface area contributed by atoms with Crippen molar-refractivity contribution in [3.05, 3.63) is 22.2 Å². The standard InChI is InChI=1S/C7H11Br.C2H6/c1-4-5-6(2)7(3)8;1-2/h4-5H,1-3H3;1-2H3/b5-4-,7-6+;. The first-order chi connectivity index (χ1) is 4.68. The van der Waals surface area contributed by atoms with E-state index in [1.54, 1.807) is 0 Å². The second-order valence-electron chi connectivity index (χ2n) is 1.72. The van der Waals surface area contributed by atoms with Gasteiger partial charge < -0.3 is 0 Å². The fraction of sp³-hybridized carbons (Fsp3) is 0.556. The van der Waals surface area contributed by atoms with Crippen LogP contribution in [0.3, 0.4) is 0 Å². The minimum atomic E-state index is 1.20. The smallest absolute Gasteiger partial charge is 0.00513 e. The first-order valence-electron chi connectivity index (χ1n) is 3.64. The Bertz CT molecular complexity index is 117. The molecule has 0 fully saturated rings. The normalized spacial score (nSPS) is 12.2. The van der Waals surface area contributed by atoms with Gasteiger partial charge in [-0.3, -0.25) is 0 Å². The Morgan fingerprint density at radius 3 is 1.70 bits per heavy atom. The van der Waals surface area contributed by atoms with Gasteiger partial charge in [0, 0.05) is 0 Å². The summed E-state index contributed by atoms with van der Waals surface area (Å²) in [6.45, 7) is 10.1. The molecule has 1 heteroatoms. The van der Waals surface area contributed by atoms with Gasteiger partial charge in [-0.1, -0.05) is 41.9 Å². The second kappa shape index (κ2) is 8.96. The predicted molar refractivity (Wildman–Crippen MR) is 53.5 cm³/mol. The lowest BCUT2D eigenvalue weighted by Crippen LogP contribution is -1.67. The molecule has 0 atom stereocenters. The molecule has 0 spiro atoms. The first-order valence-corrected chi connectivity index (χ1v) is 4.43. The quantitative estimate of drug-likeness (QED) is 0.560. The molecule has 0 unspecified atom stereocenters. The van der Waals surface area contributed by atoms with Crippen molar-refractivity contribution in [2.45, 2.75) is 34.6 Å². The summed E-state index contributed by atoms with van der Waals surface area (Å²) < 4.78 is 1.20. The molecule has 0 saturated heterocycles. The van der Waals surface area contributed by atoms with E-state index in [9.17, 15) is 0 Å².